The normalized spacial score (nSPS) is 11.8. The van der Waals surface area contributed by atoms with Crippen molar-refractivity contribution in [3.05, 3.63) is 89.2 Å². The number of hydrogen-bond donors (Lipinski definition) is 1. The fourth-order valence-electron chi connectivity index (χ4n) is 3.37. The van der Waals surface area contributed by atoms with Crippen LogP contribution in [0.1, 0.15) is 27.0 Å². The summed E-state index contributed by atoms with van der Waals surface area (Å²) in [4.78, 5) is 26.0. The summed E-state index contributed by atoms with van der Waals surface area (Å²) in [7, 11) is 1.55. The van der Waals surface area contributed by atoms with Gasteiger partial charge in [-0.3, -0.25) is 4.79 Å². The lowest BCUT2D eigenvalue weighted by atomic mass is 10.0. The van der Waals surface area contributed by atoms with Crippen LogP contribution in [0, 0.1) is 13.8 Å². The predicted octanol–water partition coefficient (Wildman–Crippen LogP) is 3.86. The number of benzene rings is 2. The van der Waals surface area contributed by atoms with Crippen LogP contribution in [0.25, 0.3) is 5.69 Å². The van der Waals surface area contributed by atoms with Crippen molar-refractivity contribution in [3.63, 3.8) is 0 Å². The van der Waals surface area contributed by atoms with Crippen molar-refractivity contribution in [2.24, 2.45) is 0 Å². The number of carbonyl (C=O) groups excluding carboxylic acids is 1. The van der Waals surface area contributed by atoms with Gasteiger partial charge in [-0.15, -0.1) is 0 Å². The minimum absolute atomic E-state index is 0.244. The van der Waals surface area contributed by atoms with Crippen molar-refractivity contribution < 1.29 is 14.7 Å². The molecule has 0 aliphatic carbocycles. The average Bonchev–Trinajstić information content (AvgIpc) is 3.19. The molecule has 2 aromatic carbocycles. The second kappa shape index (κ2) is 8.13. The summed E-state index contributed by atoms with van der Waals surface area (Å²) >= 11 is 0. The maximum atomic E-state index is 12.9. The van der Waals surface area contributed by atoms with Crippen molar-refractivity contribution in [3.8, 4) is 5.69 Å². The van der Waals surface area contributed by atoms with E-state index in [4.69, 9.17) is 0 Å². The maximum Gasteiger partial charge on any atom is 0.326 e. The van der Waals surface area contributed by atoms with Gasteiger partial charge in [-0.05, 0) is 55.8 Å². The highest BCUT2D eigenvalue weighted by Crippen LogP contribution is 2.17. The van der Waals surface area contributed by atoms with Gasteiger partial charge in [0.15, 0.2) is 0 Å². The first-order valence-corrected chi connectivity index (χ1v) is 9.15. The molecule has 0 fully saturated rings. The SMILES string of the molecule is Cc1cc(C)cc(C(=O)N(C)[C@H](Cc2ccc(-n3cccc3)cc2)C(=O)O)c1. The van der Waals surface area contributed by atoms with Crippen molar-refractivity contribution in [2.45, 2.75) is 26.3 Å². The molecule has 1 atom stereocenters. The van der Waals surface area contributed by atoms with Crippen LogP contribution in [0.15, 0.2) is 67.0 Å². The van der Waals surface area contributed by atoms with Crippen LogP contribution in [-0.2, 0) is 11.2 Å². The Kier molecular flexibility index (Phi) is 5.64. The van der Waals surface area contributed by atoms with Crippen molar-refractivity contribution in [1.29, 1.82) is 0 Å². The zero-order valence-corrected chi connectivity index (χ0v) is 16.3. The van der Waals surface area contributed by atoms with Gasteiger partial charge in [-0.1, -0.05) is 29.3 Å². The number of rotatable bonds is 6. The monoisotopic (exact) mass is 376 g/mol. The molecule has 1 heterocycles. The third kappa shape index (κ3) is 4.31. The Balaban J connectivity index is 1.79. The van der Waals surface area contributed by atoms with Crippen LogP contribution in [-0.4, -0.2) is 39.5 Å². The average molecular weight is 376 g/mol. The summed E-state index contributed by atoms with van der Waals surface area (Å²) in [5, 5.41) is 9.72. The van der Waals surface area contributed by atoms with Gasteiger partial charge in [-0.25, -0.2) is 4.79 Å². The van der Waals surface area contributed by atoms with Gasteiger partial charge >= 0.3 is 5.97 Å². The van der Waals surface area contributed by atoms with E-state index in [2.05, 4.69) is 0 Å². The number of amides is 1. The first kappa shape index (κ1) is 19.4. The number of carboxylic acid groups (broad SMARTS) is 1. The van der Waals surface area contributed by atoms with E-state index in [0.717, 1.165) is 22.4 Å². The molecular formula is C23H24N2O3. The zero-order valence-electron chi connectivity index (χ0n) is 16.3. The topological polar surface area (TPSA) is 62.5 Å². The number of nitrogens with zero attached hydrogens (tertiary/aromatic N) is 2. The van der Waals surface area contributed by atoms with Crippen LogP contribution >= 0.6 is 0 Å². The first-order valence-electron chi connectivity index (χ1n) is 9.15. The molecule has 0 saturated heterocycles. The number of aliphatic carboxylic acids is 1. The van der Waals surface area contributed by atoms with Crippen LogP contribution in [0.3, 0.4) is 0 Å². The van der Waals surface area contributed by atoms with Gasteiger partial charge in [-0.2, -0.15) is 0 Å². The molecular weight excluding hydrogens is 352 g/mol. The quantitative estimate of drug-likeness (QED) is 0.710. The van der Waals surface area contributed by atoms with Crippen LogP contribution in [0.5, 0.6) is 0 Å². The number of aromatic nitrogens is 1. The fourth-order valence-corrected chi connectivity index (χ4v) is 3.37. The molecule has 3 aromatic rings. The lowest BCUT2D eigenvalue weighted by Gasteiger charge is -2.25. The van der Waals surface area contributed by atoms with E-state index in [1.165, 1.54) is 4.90 Å². The number of hydrogen-bond acceptors (Lipinski definition) is 2. The van der Waals surface area contributed by atoms with Gasteiger partial charge < -0.3 is 14.6 Å². The van der Waals surface area contributed by atoms with Crippen LogP contribution in [0.4, 0.5) is 0 Å². The number of likely N-dealkylation sites (N-methyl/N-ethyl adjacent to an activating group) is 1. The van der Waals surface area contributed by atoms with E-state index in [0.29, 0.717) is 5.56 Å². The van der Waals surface area contributed by atoms with Gasteiger partial charge in [0.1, 0.15) is 6.04 Å². The zero-order chi connectivity index (χ0) is 20.3. The summed E-state index contributed by atoms with van der Waals surface area (Å²) in [6.45, 7) is 3.84. The van der Waals surface area contributed by atoms with Gasteiger partial charge in [0, 0.05) is 37.1 Å². The smallest absolute Gasteiger partial charge is 0.326 e. The molecule has 5 heteroatoms. The number of carbonyl (C=O) groups is 2. The lowest BCUT2D eigenvalue weighted by molar-refractivity contribution is -0.141. The van der Waals surface area contributed by atoms with E-state index >= 15 is 0 Å². The summed E-state index contributed by atoms with van der Waals surface area (Å²) < 4.78 is 1.98. The molecule has 0 aliphatic rings. The Bertz CT molecular complexity index is 955. The Morgan fingerprint density at radius 3 is 2.11 bits per heavy atom. The summed E-state index contributed by atoms with van der Waals surface area (Å²) in [6.07, 6.45) is 4.14. The van der Waals surface area contributed by atoms with Crippen LogP contribution in [0.2, 0.25) is 0 Å². The van der Waals surface area contributed by atoms with E-state index in [-0.39, 0.29) is 12.3 Å². The standard InChI is InChI=1S/C23H24N2O3/c1-16-12-17(2)14-19(13-16)22(26)24(3)21(23(27)28)15-18-6-8-20(9-7-18)25-10-4-5-11-25/h4-14,21H,15H2,1-3H3,(H,27,28)/t21-/m1/s1. The van der Waals surface area contributed by atoms with Crippen molar-refractivity contribution >= 4 is 11.9 Å². The molecule has 0 aliphatic heterocycles. The molecule has 0 spiro atoms. The maximum absolute atomic E-state index is 12.9. The molecule has 1 N–H and O–H groups in total. The van der Waals surface area contributed by atoms with Crippen molar-refractivity contribution in [1.82, 2.24) is 9.47 Å². The molecule has 1 aromatic heterocycles. The second-order valence-electron chi connectivity index (χ2n) is 7.11. The molecule has 0 radical (unpaired) electrons. The Morgan fingerprint density at radius 1 is 1.00 bits per heavy atom. The van der Waals surface area contributed by atoms with Crippen LogP contribution < -0.4 is 0 Å². The van der Waals surface area contributed by atoms with Gasteiger partial charge in [0.25, 0.3) is 5.91 Å². The third-order valence-electron chi connectivity index (χ3n) is 4.81. The molecule has 28 heavy (non-hydrogen) atoms. The van der Waals surface area contributed by atoms with E-state index < -0.39 is 12.0 Å². The molecule has 0 unspecified atom stereocenters. The summed E-state index contributed by atoms with van der Waals surface area (Å²) in [5.41, 5.74) is 4.33. The molecule has 144 valence electrons. The van der Waals surface area contributed by atoms with E-state index in [1.807, 2.05) is 73.3 Å². The first-order chi connectivity index (χ1) is 13.3. The molecule has 0 bridgehead atoms. The minimum Gasteiger partial charge on any atom is -0.480 e. The summed E-state index contributed by atoms with van der Waals surface area (Å²) in [5.74, 6) is -1.31. The summed E-state index contributed by atoms with van der Waals surface area (Å²) in [6, 6.07) is 16.2. The van der Waals surface area contributed by atoms with E-state index in [9.17, 15) is 14.7 Å². The molecule has 5 nitrogen and oxygen atoms in total. The lowest BCUT2D eigenvalue weighted by Crippen LogP contribution is -2.43. The number of aryl methyl sites for hydroxylation is 2. The Labute approximate surface area is 164 Å². The molecule has 1 amide bonds. The minimum atomic E-state index is -1.02. The number of carboxylic acids is 1. The highest BCUT2D eigenvalue weighted by atomic mass is 16.4. The Morgan fingerprint density at radius 2 is 1.57 bits per heavy atom. The second-order valence-corrected chi connectivity index (χ2v) is 7.11. The van der Waals surface area contributed by atoms with Crippen molar-refractivity contribution in [2.75, 3.05) is 7.05 Å². The highest BCUT2D eigenvalue weighted by molar-refractivity contribution is 5.96. The highest BCUT2D eigenvalue weighted by Gasteiger charge is 2.27. The Hall–Kier alpha value is -3.34. The predicted molar refractivity (Wildman–Crippen MR) is 109 cm³/mol. The van der Waals surface area contributed by atoms with E-state index in [1.54, 1.807) is 19.2 Å². The van der Waals surface area contributed by atoms with Gasteiger partial charge in [0.05, 0.1) is 0 Å². The van der Waals surface area contributed by atoms with Gasteiger partial charge in [0.2, 0.25) is 0 Å². The molecule has 3 rings (SSSR count). The molecule has 0 saturated carbocycles. The largest absolute Gasteiger partial charge is 0.480 e. The third-order valence-corrected chi connectivity index (χ3v) is 4.81. The fraction of sp³-hybridized carbons (Fsp3) is 0.217.